The molecule has 2 aliphatic heterocycles. The van der Waals surface area contributed by atoms with Crippen molar-refractivity contribution in [2.45, 2.75) is 30.6 Å². The number of piperidine rings is 1. The number of carbonyl (C=O) groups is 3. The van der Waals surface area contributed by atoms with E-state index in [0.717, 1.165) is 13.0 Å². The van der Waals surface area contributed by atoms with Crippen molar-refractivity contribution in [3.05, 3.63) is 35.9 Å². The smallest absolute Gasteiger partial charge is 0.358 e. The van der Waals surface area contributed by atoms with E-state index in [2.05, 4.69) is 10.2 Å². The van der Waals surface area contributed by atoms with Crippen LogP contribution in [0.1, 0.15) is 29.6 Å². The number of aliphatic hydroxyl groups is 1. The summed E-state index contributed by atoms with van der Waals surface area (Å²) in [5.74, 6) is -6.40. The molecule has 0 aromatic heterocycles. The molecule has 2 saturated heterocycles. The Morgan fingerprint density at radius 3 is 2.26 bits per heavy atom. The van der Waals surface area contributed by atoms with Crippen molar-refractivity contribution in [3.63, 3.8) is 0 Å². The maximum atomic E-state index is 12.8. The Bertz CT molecular complexity index is 907. The van der Waals surface area contributed by atoms with E-state index in [9.17, 15) is 29.7 Å². The Morgan fingerprint density at radius 2 is 1.79 bits per heavy atom. The van der Waals surface area contributed by atoms with Crippen LogP contribution in [0.2, 0.25) is 0 Å². The summed E-state index contributed by atoms with van der Waals surface area (Å²) in [5, 5.41) is 33.9. The molecular weight excluding hydrogens is 444 g/mol. The molecule has 3 fully saturated rings. The van der Waals surface area contributed by atoms with Crippen molar-refractivity contribution < 1.29 is 39.2 Å². The number of aliphatic carboxylic acids is 2. The molecule has 2 bridgehead atoms. The fraction of sp³-hybridized carbons (Fsp3) is 0.625. The number of hydrogen-bond acceptors (Lipinski definition) is 7. The SMILES string of the molecule is COC1(C(C(=O)O)C(O)(NC(=O)c2ccccc2)C(=O)O)[C@@H]2CCC[C@H]1CN(CC1COC1)C2. The normalized spacial score (nSPS) is 29.9. The number of nitrogens with zero attached hydrogens (tertiary/aromatic N) is 1. The van der Waals surface area contributed by atoms with Gasteiger partial charge in [-0.3, -0.25) is 9.59 Å². The first-order valence-electron chi connectivity index (χ1n) is 11.6. The minimum atomic E-state index is -3.08. The minimum absolute atomic E-state index is 0.107. The molecule has 10 heteroatoms. The van der Waals surface area contributed by atoms with E-state index in [0.29, 0.717) is 45.1 Å². The van der Waals surface area contributed by atoms with Crippen LogP contribution in [0.15, 0.2) is 30.3 Å². The topological polar surface area (TPSA) is 146 Å². The quantitative estimate of drug-likeness (QED) is 0.378. The monoisotopic (exact) mass is 476 g/mol. The number of rotatable bonds is 9. The summed E-state index contributed by atoms with van der Waals surface area (Å²) in [6, 6.07) is 7.78. The summed E-state index contributed by atoms with van der Waals surface area (Å²) in [4.78, 5) is 40.2. The third-order valence-corrected chi connectivity index (χ3v) is 7.70. The second-order valence-electron chi connectivity index (χ2n) is 9.67. The van der Waals surface area contributed by atoms with Crippen LogP contribution in [-0.4, -0.2) is 89.3 Å². The van der Waals surface area contributed by atoms with Gasteiger partial charge >= 0.3 is 11.9 Å². The molecule has 4 rings (SSSR count). The highest BCUT2D eigenvalue weighted by atomic mass is 16.5. The molecule has 1 aliphatic carbocycles. The third kappa shape index (κ3) is 4.19. The number of carboxylic acid groups (broad SMARTS) is 2. The number of ether oxygens (including phenoxy) is 2. The summed E-state index contributed by atoms with van der Waals surface area (Å²) in [6.07, 6.45) is 2.12. The van der Waals surface area contributed by atoms with Crippen LogP contribution in [0.4, 0.5) is 0 Å². The molecule has 2 heterocycles. The van der Waals surface area contributed by atoms with Crippen LogP contribution in [0.25, 0.3) is 0 Å². The Kier molecular flexibility index (Phi) is 6.95. The van der Waals surface area contributed by atoms with E-state index in [1.165, 1.54) is 19.2 Å². The van der Waals surface area contributed by atoms with Crippen molar-refractivity contribution >= 4 is 17.8 Å². The van der Waals surface area contributed by atoms with Crippen LogP contribution in [0.5, 0.6) is 0 Å². The van der Waals surface area contributed by atoms with Crippen LogP contribution in [0, 0.1) is 23.7 Å². The highest BCUT2D eigenvalue weighted by Crippen LogP contribution is 2.52. The van der Waals surface area contributed by atoms with Crippen LogP contribution in [-0.2, 0) is 19.1 Å². The van der Waals surface area contributed by atoms with E-state index in [4.69, 9.17) is 9.47 Å². The largest absolute Gasteiger partial charge is 0.481 e. The Morgan fingerprint density at radius 1 is 1.18 bits per heavy atom. The highest BCUT2D eigenvalue weighted by Gasteiger charge is 2.67. The second-order valence-corrected chi connectivity index (χ2v) is 9.67. The van der Waals surface area contributed by atoms with Gasteiger partial charge in [0, 0.05) is 50.1 Å². The summed E-state index contributed by atoms with van der Waals surface area (Å²) < 4.78 is 11.2. The van der Waals surface area contributed by atoms with Gasteiger partial charge in [-0.15, -0.1) is 0 Å². The van der Waals surface area contributed by atoms with Crippen LogP contribution < -0.4 is 5.32 Å². The lowest BCUT2D eigenvalue weighted by molar-refractivity contribution is -0.243. The number of carboxylic acids is 2. The van der Waals surface area contributed by atoms with Gasteiger partial charge in [-0.2, -0.15) is 0 Å². The lowest BCUT2D eigenvalue weighted by Crippen LogP contribution is -2.75. The average Bonchev–Trinajstić information content (AvgIpc) is 2.76. The van der Waals surface area contributed by atoms with Crippen LogP contribution in [0.3, 0.4) is 0 Å². The number of carbonyl (C=O) groups excluding carboxylic acids is 1. The number of fused-ring (bicyclic) bond motifs is 2. The molecule has 10 nitrogen and oxygen atoms in total. The van der Waals surface area contributed by atoms with E-state index in [-0.39, 0.29) is 17.4 Å². The molecule has 3 aliphatic rings. The summed E-state index contributed by atoms with van der Waals surface area (Å²) >= 11 is 0. The predicted molar refractivity (Wildman–Crippen MR) is 119 cm³/mol. The molecule has 34 heavy (non-hydrogen) atoms. The highest BCUT2D eigenvalue weighted by molar-refractivity contribution is 5.98. The van der Waals surface area contributed by atoms with Crippen molar-refractivity contribution in [3.8, 4) is 0 Å². The number of benzene rings is 1. The lowest BCUT2D eigenvalue weighted by Gasteiger charge is -2.59. The molecule has 0 spiro atoms. The van der Waals surface area contributed by atoms with Crippen molar-refractivity contribution in [2.75, 3.05) is 40.0 Å². The zero-order valence-corrected chi connectivity index (χ0v) is 19.2. The fourth-order valence-corrected chi connectivity index (χ4v) is 6.17. The summed E-state index contributed by atoms with van der Waals surface area (Å²) in [6.45, 7) is 3.25. The molecule has 1 saturated carbocycles. The van der Waals surface area contributed by atoms with E-state index >= 15 is 0 Å². The molecule has 1 aromatic carbocycles. The van der Waals surface area contributed by atoms with Crippen molar-refractivity contribution in [1.82, 2.24) is 10.2 Å². The Hall–Kier alpha value is -2.53. The average molecular weight is 477 g/mol. The van der Waals surface area contributed by atoms with E-state index < -0.39 is 35.1 Å². The first-order valence-corrected chi connectivity index (χ1v) is 11.6. The van der Waals surface area contributed by atoms with E-state index in [1.807, 2.05) is 0 Å². The minimum Gasteiger partial charge on any atom is -0.481 e. The van der Waals surface area contributed by atoms with Gasteiger partial charge in [0.15, 0.2) is 0 Å². The van der Waals surface area contributed by atoms with Crippen molar-refractivity contribution in [1.29, 1.82) is 0 Å². The van der Waals surface area contributed by atoms with Crippen molar-refractivity contribution in [2.24, 2.45) is 23.7 Å². The van der Waals surface area contributed by atoms with E-state index in [1.54, 1.807) is 18.2 Å². The van der Waals surface area contributed by atoms with Gasteiger partial charge in [-0.05, 0) is 25.0 Å². The second kappa shape index (κ2) is 9.61. The molecule has 1 aromatic rings. The van der Waals surface area contributed by atoms with Crippen LogP contribution >= 0.6 is 0 Å². The lowest BCUT2D eigenvalue weighted by atomic mass is 9.57. The standard InChI is InChI=1S/C24H32N2O8/c1-33-23(17-8-5-9-18(23)12-26(11-17)10-15-13-34-14-15)19(21(28)29)24(32,22(30)31)25-20(27)16-6-3-2-4-7-16/h2-4,6-7,15,17-19,32H,5,8-14H2,1H3,(H,25,27)(H,28,29)(H,30,31)/t17-,18+,19?,23?,24?. The maximum absolute atomic E-state index is 12.8. The first kappa shape index (κ1) is 24.6. The number of amides is 1. The van der Waals surface area contributed by atoms with Gasteiger partial charge in [0.1, 0.15) is 5.92 Å². The molecule has 3 unspecified atom stereocenters. The molecule has 186 valence electrons. The maximum Gasteiger partial charge on any atom is 0.358 e. The Labute approximate surface area is 197 Å². The Balaban J connectivity index is 1.69. The van der Waals surface area contributed by atoms with Gasteiger partial charge in [-0.1, -0.05) is 24.6 Å². The zero-order valence-electron chi connectivity index (χ0n) is 19.2. The number of likely N-dealkylation sites (tertiary alicyclic amines) is 1. The third-order valence-electron chi connectivity index (χ3n) is 7.70. The molecule has 4 N–H and O–H groups in total. The van der Waals surface area contributed by atoms with Gasteiger partial charge in [0.2, 0.25) is 0 Å². The number of nitrogens with one attached hydrogen (secondary N) is 1. The first-order chi connectivity index (χ1) is 16.2. The predicted octanol–water partition coefficient (Wildman–Crippen LogP) is 0.654. The van der Waals surface area contributed by atoms with Gasteiger partial charge < -0.3 is 35.0 Å². The van der Waals surface area contributed by atoms with Gasteiger partial charge in [-0.25, -0.2) is 4.79 Å². The number of methoxy groups -OCH3 is 1. The summed E-state index contributed by atoms with van der Waals surface area (Å²) in [5.41, 5.74) is -4.43. The molecule has 1 amide bonds. The summed E-state index contributed by atoms with van der Waals surface area (Å²) in [7, 11) is 1.37. The molecule has 0 radical (unpaired) electrons. The molecular formula is C24H32N2O8. The van der Waals surface area contributed by atoms with Gasteiger partial charge in [0.05, 0.1) is 18.8 Å². The van der Waals surface area contributed by atoms with Gasteiger partial charge in [0.25, 0.3) is 11.6 Å². The fourth-order valence-electron chi connectivity index (χ4n) is 6.17. The number of hydrogen-bond donors (Lipinski definition) is 4. The molecule has 5 atom stereocenters. The zero-order chi connectivity index (χ0) is 24.5.